The molecule has 0 fully saturated rings. The predicted octanol–water partition coefficient (Wildman–Crippen LogP) is 3.53. The average molecular weight is 389 g/mol. The Kier molecular flexibility index (Phi) is 4.92. The van der Waals surface area contributed by atoms with E-state index in [0.29, 0.717) is 29.7 Å². The van der Waals surface area contributed by atoms with Crippen molar-refractivity contribution in [2.75, 3.05) is 6.54 Å². The highest BCUT2D eigenvalue weighted by Crippen LogP contribution is 2.25. The Morgan fingerprint density at radius 3 is 2.66 bits per heavy atom. The van der Waals surface area contributed by atoms with Gasteiger partial charge >= 0.3 is 0 Å². The number of hydrogen-bond donors (Lipinski definition) is 2. The van der Waals surface area contributed by atoms with E-state index in [1.54, 1.807) is 12.1 Å². The van der Waals surface area contributed by atoms with Crippen molar-refractivity contribution in [2.45, 2.75) is 32.7 Å². The summed E-state index contributed by atoms with van der Waals surface area (Å²) in [5.74, 6) is -0.888. The first-order valence-corrected chi connectivity index (χ1v) is 9.85. The molecule has 1 atom stereocenters. The second kappa shape index (κ2) is 7.54. The number of carbonyl (C=O) groups excluding carboxylic acids is 3. The quantitative estimate of drug-likeness (QED) is 0.633. The monoisotopic (exact) mass is 389 g/mol. The van der Waals surface area contributed by atoms with Gasteiger partial charge in [-0.2, -0.15) is 0 Å². The molecule has 2 aromatic carbocycles. The molecule has 6 nitrogen and oxygen atoms in total. The minimum Gasteiger partial charge on any atom is -0.361 e. The Morgan fingerprint density at radius 2 is 1.86 bits per heavy atom. The molecule has 1 aliphatic rings. The zero-order valence-corrected chi connectivity index (χ0v) is 16.5. The first kappa shape index (κ1) is 18.9. The Bertz CT molecular complexity index is 1120. The average Bonchev–Trinajstić information content (AvgIpc) is 3.25. The highest BCUT2D eigenvalue weighted by atomic mass is 16.2. The van der Waals surface area contributed by atoms with Gasteiger partial charge in [-0.3, -0.25) is 19.3 Å². The van der Waals surface area contributed by atoms with E-state index in [1.807, 2.05) is 44.3 Å². The van der Waals surface area contributed by atoms with Crippen LogP contribution in [-0.2, 0) is 6.42 Å². The standard InChI is InChI=1S/C23H23N3O3/c1-3-14(2)25-21(27)15-8-9-18-19(12-15)23(29)26(22(18)28)11-10-16-13-24-20-7-5-4-6-17(16)20/h4-9,12-14,24H,3,10-11H2,1-2H3,(H,25,27)/t14-/m1/s1. The number of carbonyl (C=O) groups is 3. The van der Waals surface area contributed by atoms with Gasteiger partial charge in [0.15, 0.2) is 0 Å². The van der Waals surface area contributed by atoms with Gasteiger partial charge in [0, 0.05) is 35.2 Å². The second-order valence-electron chi connectivity index (χ2n) is 7.41. The van der Waals surface area contributed by atoms with Crippen molar-refractivity contribution in [1.82, 2.24) is 15.2 Å². The highest BCUT2D eigenvalue weighted by molar-refractivity contribution is 6.22. The number of amides is 3. The van der Waals surface area contributed by atoms with Gasteiger partial charge in [0.05, 0.1) is 11.1 Å². The molecule has 0 spiro atoms. The molecule has 2 N–H and O–H groups in total. The third-order valence-corrected chi connectivity index (χ3v) is 5.50. The lowest BCUT2D eigenvalue weighted by Crippen LogP contribution is -2.32. The van der Waals surface area contributed by atoms with Crippen molar-refractivity contribution >= 4 is 28.6 Å². The van der Waals surface area contributed by atoms with E-state index < -0.39 is 0 Å². The van der Waals surface area contributed by atoms with Gasteiger partial charge in [0.2, 0.25) is 0 Å². The number of nitrogens with one attached hydrogen (secondary N) is 2. The summed E-state index contributed by atoms with van der Waals surface area (Å²) in [6, 6.07) is 12.7. The van der Waals surface area contributed by atoms with Crippen LogP contribution >= 0.6 is 0 Å². The van der Waals surface area contributed by atoms with Crippen LogP contribution in [0.4, 0.5) is 0 Å². The number of fused-ring (bicyclic) bond motifs is 2. The summed E-state index contributed by atoms with van der Waals surface area (Å²) in [5, 5.41) is 3.97. The summed E-state index contributed by atoms with van der Waals surface area (Å²) in [7, 11) is 0. The normalized spacial score (nSPS) is 14.3. The molecule has 3 amide bonds. The van der Waals surface area contributed by atoms with Gasteiger partial charge in [0.25, 0.3) is 17.7 Å². The molecule has 29 heavy (non-hydrogen) atoms. The van der Waals surface area contributed by atoms with Crippen molar-refractivity contribution in [2.24, 2.45) is 0 Å². The fraction of sp³-hybridized carbons (Fsp3) is 0.261. The van der Waals surface area contributed by atoms with Crippen molar-refractivity contribution in [3.63, 3.8) is 0 Å². The molecular weight excluding hydrogens is 366 g/mol. The molecule has 0 bridgehead atoms. The molecule has 1 aromatic heterocycles. The summed E-state index contributed by atoms with van der Waals surface area (Å²) in [4.78, 5) is 42.4. The first-order chi connectivity index (χ1) is 14.0. The number of para-hydroxylation sites is 1. The summed E-state index contributed by atoms with van der Waals surface area (Å²) >= 11 is 0. The lowest BCUT2D eigenvalue weighted by Gasteiger charge is -2.13. The molecule has 4 rings (SSSR count). The Hall–Kier alpha value is -3.41. The summed E-state index contributed by atoms with van der Waals surface area (Å²) in [6.45, 7) is 4.20. The van der Waals surface area contributed by atoms with Gasteiger partial charge in [-0.25, -0.2) is 0 Å². The van der Waals surface area contributed by atoms with Crippen LogP contribution in [-0.4, -0.2) is 40.2 Å². The second-order valence-corrected chi connectivity index (χ2v) is 7.41. The zero-order chi connectivity index (χ0) is 20.5. The zero-order valence-electron chi connectivity index (χ0n) is 16.5. The summed E-state index contributed by atoms with van der Waals surface area (Å²) in [5.41, 5.74) is 3.14. The SMILES string of the molecule is CC[C@@H](C)NC(=O)c1ccc2c(c1)C(=O)N(CCc1c[nH]c3ccccc13)C2=O. The molecule has 0 saturated heterocycles. The van der Waals surface area contributed by atoms with E-state index in [-0.39, 0.29) is 23.8 Å². The maximum Gasteiger partial charge on any atom is 0.261 e. The van der Waals surface area contributed by atoms with Crippen molar-refractivity contribution in [3.8, 4) is 0 Å². The molecule has 6 heteroatoms. The van der Waals surface area contributed by atoms with E-state index in [4.69, 9.17) is 0 Å². The number of imide groups is 1. The molecular formula is C23H23N3O3. The number of nitrogens with zero attached hydrogens (tertiary/aromatic N) is 1. The maximum absolute atomic E-state index is 12.8. The number of H-pyrrole nitrogens is 1. The Labute approximate surface area is 168 Å². The molecule has 0 radical (unpaired) electrons. The fourth-order valence-electron chi connectivity index (χ4n) is 3.61. The van der Waals surface area contributed by atoms with Crippen molar-refractivity contribution in [3.05, 3.63) is 70.9 Å². The molecule has 1 aliphatic heterocycles. The van der Waals surface area contributed by atoms with E-state index in [9.17, 15) is 14.4 Å². The molecule has 148 valence electrons. The lowest BCUT2D eigenvalue weighted by molar-refractivity contribution is 0.0656. The van der Waals surface area contributed by atoms with Crippen LogP contribution in [0.1, 0.15) is 56.9 Å². The van der Waals surface area contributed by atoms with Gasteiger partial charge in [-0.1, -0.05) is 25.1 Å². The molecule has 2 heterocycles. The largest absolute Gasteiger partial charge is 0.361 e. The van der Waals surface area contributed by atoms with Crippen molar-refractivity contribution in [1.29, 1.82) is 0 Å². The van der Waals surface area contributed by atoms with Crippen LogP contribution in [0.3, 0.4) is 0 Å². The van der Waals surface area contributed by atoms with Gasteiger partial charge in [-0.05, 0) is 49.6 Å². The predicted molar refractivity (Wildman–Crippen MR) is 111 cm³/mol. The molecule has 3 aromatic rings. The highest BCUT2D eigenvalue weighted by Gasteiger charge is 2.35. The van der Waals surface area contributed by atoms with E-state index >= 15 is 0 Å². The van der Waals surface area contributed by atoms with E-state index in [1.165, 1.54) is 11.0 Å². The topological polar surface area (TPSA) is 82.3 Å². The van der Waals surface area contributed by atoms with Crippen LogP contribution in [0.2, 0.25) is 0 Å². The Balaban J connectivity index is 1.52. The number of rotatable bonds is 6. The third kappa shape index (κ3) is 3.42. The smallest absolute Gasteiger partial charge is 0.261 e. The fourth-order valence-corrected chi connectivity index (χ4v) is 3.61. The van der Waals surface area contributed by atoms with Crippen LogP contribution in [0.25, 0.3) is 10.9 Å². The minimum absolute atomic E-state index is 0.0424. The molecule has 0 aliphatic carbocycles. The molecule has 0 saturated carbocycles. The lowest BCUT2D eigenvalue weighted by atomic mass is 10.0. The Morgan fingerprint density at radius 1 is 1.10 bits per heavy atom. The number of aromatic nitrogens is 1. The van der Waals surface area contributed by atoms with Crippen molar-refractivity contribution < 1.29 is 14.4 Å². The number of aromatic amines is 1. The van der Waals surface area contributed by atoms with Crippen LogP contribution < -0.4 is 5.32 Å². The number of hydrogen-bond acceptors (Lipinski definition) is 3. The minimum atomic E-state index is -0.344. The summed E-state index contributed by atoms with van der Waals surface area (Å²) in [6.07, 6.45) is 3.30. The van der Waals surface area contributed by atoms with E-state index in [2.05, 4.69) is 10.3 Å². The summed E-state index contributed by atoms with van der Waals surface area (Å²) < 4.78 is 0. The van der Waals surface area contributed by atoms with Gasteiger partial charge < -0.3 is 10.3 Å². The maximum atomic E-state index is 12.8. The first-order valence-electron chi connectivity index (χ1n) is 9.85. The van der Waals surface area contributed by atoms with Crippen LogP contribution in [0.5, 0.6) is 0 Å². The third-order valence-electron chi connectivity index (χ3n) is 5.50. The van der Waals surface area contributed by atoms with Gasteiger partial charge in [-0.15, -0.1) is 0 Å². The number of benzene rings is 2. The van der Waals surface area contributed by atoms with Gasteiger partial charge in [0.1, 0.15) is 0 Å². The van der Waals surface area contributed by atoms with Crippen LogP contribution in [0.15, 0.2) is 48.7 Å². The van der Waals surface area contributed by atoms with E-state index in [0.717, 1.165) is 22.9 Å². The van der Waals surface area contributed by atoms with Crippen LogP contribution in [0, 0.1) is 0 Å². The molecule has 0 unspecified atom stereocenters.